The third kappa shape index (κ3) is 21.1. The van der Waals surface area contributed by atoms with Crippen LogP contribution in [0.3, 0.4) is 0 Å². The molecule has 3 fully saturated rings. The third-order valence-electron chi connectivity index (χ3n) is 18.2. The first kappa shape index (κ1) is 69.0. The van der Waals surface area contributed by atoms with Gasteiger partial charge in [-0.1, -0.05) is 203 Å². The molecule has 93 heavy (non-hydrogen) atoms. The van der Waals surface area contributed by atoms with Crippen LogP contribution in [0.25, 0.3) is 0 Å². The fraction of sp³-hybridized carbons (Fsp3) is 0.333. The van der Waals surface area contributed by atoms with E-state index >= 15 is 0 Å². The Hall–Kier alpha value is -6.80. The zero-order chi connectivity index (χ0) is 64.4. The van der Waals surface area contributed by atoms with Crippen molar-refractivity contribution in [3.63, 3.8) is 0 Å². The summed E-state index contributed by atoms with van der Waals surface area (Å²) in [5, 5.41) is 1.49. The van der Waals surface area contributed by atoms with Gasteiger partial charge in [-0.25, -0.2) is 0 Å². The van der Waals surface area contributed by atoms with Crippen LogP contribution in [-0.4, -0.2) is 113 Å². The van der Waals surface area contributed by atoms with Crippen LogP contribution in [-0.2, 0) is 33.5 Å². The lowest BCUT2D eigenvalue weighted by Gasteiger charge is -2.27. The molecule has 3 saturated heterocycles. The molecule has 486 valence electrons. The van der Waals surface area contributed by atoms with Gasteiger partial charge in [-0.2, -0.15) is 0 Å². The van der Waals surface area contributed by atoms with Crippen LogP contribution >= 0.6 is 39.1 Å². The minimum Gasteiger partial charge on any atom is -0.497 e. The Balaban J connectivity index is 0.000000153. The van der Waals surface area contributed by atoms with Crippen LogP contribution in [0.15, 0.2) is 241 Å². The number of methoxy groups -OCH3 is 3. The highest BCUT2D eigenvalue weighted by atomic mass is 79.9. The van der Waals surface area contributed by atoms with Crippen molar-refractivity contribution in [1.82, 2.24) is 14.7 Å². The highest BCUT2D eigenvalue weighted by Crippen LogP contribution is 2.33. The molecule has 0 radical (unpaired) electrons. The lowest BCUT2D eigenvalue weighted by molar-refractivity contribution is 0.0381. The van der Waals surface area contributed by atoms with Gasteiger partial charge < -0.3 is 28.4 Å². The van der Waals surface area contributed by atoms with Crippen molar-refractivity contribution in [2.75, 3.05) is 80.4 Å². The first-order chi connectivity index (χ1) is 45.7. The van der Waals surface area contributed by atoms with Gasteiger partial charge in [0.25, 0.3) is 0 Å². The second-order valence-electron chi connectivity index (χ2n) is 24.3. The molecule has 3 heterocycles. The molecule has 6 atom stereocenters. The van der Waals surface area contributed by atoms with Gasteiger partial charge in [0, 0.05) is 52.3 Å². The lowest BCUT2D eigenvalue weighted by Crippen LogP contribution is -2.35. The summed E-state index contributed by atoms with van der Waals surface area (Å²) in [6, 6.07) is 82.5. The number of ether oxygens (including phenoxy) is 6. The summed E-state index contributed by atoms with van der Waals surface area (Å²) in [5.74, 6) is 2.73. The van der Waals surface area contributed by atoms with E-state index in [1.807, 2.05) is 72.8 Å². The predicted molar refractivity (Wildman–Crippen MR) is 384 cm³/mol. The Labute approximate surface area is 571 Å². The molecule has 0 saturated carbocycles. The van der Waals surface area contributed by atoms with E-state index in [2.05, 4.69) is 194 Å². The van der Waals surface area contributed by atoms with Crippen molar-refractivity contribution in [3.8, 4) is 17.2 Å². The van der Waals surface area contributed by atoms with E-state index < -0.39 is 0 Å². The van der Waals surface area contributed by atoms with Gasteiger partial charge in [-0.3, -0.25) is 14.7 Å². The standard InChI is InChI=1S/C27H30BrNO2.2C27H30ClNO2/c3*1-30-26-15-9-21(10-16-26)17-19-29-18-5-8-25(29)20-31-27(22-6-3-2-4-7-22)23-11-13-24(28)14-12-23/h3*2-4,6-7,9-16,25,27H,5,8,17-20H2,1H3/t3*25-,27?/m010/s1. The van der Waals surface area contributed by atoms with E-state index in [1.54, 1.807) is 21.3 Å². The lowest BCUT2D eigenvalue weighted by atomic mass is 10.0. The average Bonchev–Trinajstić information content (AvgIpc) is 4.20. The molecule has 0 amide bonds. The largest absolute Gasteiger partial charge is 0.497 e. The van der Waals surface area contributed by atoms with Gasteiger partial charge in [-0.05, 0) is 200 Å². The molecule has 9 aromatic carbocycles. The van der Waals surface area contributed by atoms with Crippen LogP contribution in [0, 0.1) is 0 Å². The van der Waals surface area contributed by atoms with Gasteiger partial charge in [0.1, 0.15) is 35.6 Å². The van der Waals surface area contributed by atoms with Crippen molar-refractivity contribution < 1.29 is 28.4 Å². The fourth-order valence-electron chi connectivity index (χ4n) is 12.9. The monoisotopic (exact) mass is 1350 g/mol. The summed E-state index contributed by atoms with van der Waals surface area (Å²) < 4.78 is 36.6. The van der Waals surface area contributed by atoms with Crippen LogP contribution in [0.4, 0.5) is 0 Å². The molecular formula is C81H90BrCl2N3O6. The SMILES string of the molecule is COc1ccc(CCN2CCC[C@@H]2COC(c2ccccc2)c2ccc(Cl)cc2)cc1.COc1ccc(CCN2CCC[C@H]2COC(c2ccccc2)c2ccc(Br)cc2)cc1.COc1ccc(CCN2CCC[C@H]2COC(c2ccccc2)c2ccc(Cl)cc2)cc1. The zero-order valence-corrected chi connectivity index (χ0v) is 57.2. The Morgan fingerprint density at radius 3 is 0.871 bits per heavy atom. The first-order valence-corrected chi connectivity index (χ1v) is 34.6. The third-order valence-corrected chi connectivity index (χ3v) is 19.3. The molecular weight excluding hydrogens is 1260 g/mol. The summed E-state index contributed by atoms with van der Waals surface area (Å²) in [4.78, 5) is 7.75. The summed E-state index contributed by atoms with van der Waals surface area (Å²) >= 11 is 15.8. The quantitative estimate of drug-likeness (QED) is 0.0501. The maximum Gasteiger partial charge on any atom is 0.118 e. The molecule has 9 nitrogen and oxygen atoms in total. The van der Waals surface area contributed by atoms with Gasteiger partial charge in [-0.15, -0.1) is 0 Å². The number of benzene rings is 9. The molecule has 12 heteroatoms. The number of rotatable bonds is 27. The highest BCUT2D eigenvalue weighted by Gasteiger charge is 2.30. The van der Waals surface area contributed by atoms with Crippen molar-refractivity contribution in [1.29, 1.82) is 0 Å². The summed E-state index contributed by atoms with van der Waals surface area (Å²) in [6.45, 7) is 8.80. The van der Waals surface area contributed by atoms with Crippen LogP contribution in [0.2, 0.25) is 10.0 Å². The molecule has 0 N–H and O–H groups in total. The number of hydrogen-bond donors (Lipinski definition) is 0. The minimum atomic E-state index is -0.0810. The van der Waals surface area contributed by atoms with Crippen LogP contribution in [0.5, 0.6) is 17.2 Å². The molecule has 3 aliphatic heterocycles. The molecule has 12 rings (SSSR count). The molecule has 0 bridgehead atoms. The van der Waals surface area contributed by atoms with Gasteiger partial charge in [0.15, 0.2) is 0 Å². The van der Waals surface area contributed by atoms with Crippen molar-refractivity contribution in [2.45, 2.75) is 94.2 Å². The van der Waals surface area contributed by atoms with Crippen LogP contribution in [0.1, 0.15) is 107 Å². The second kappa shape index (κ2) is 36.8. The normalized spacial score (nSPS) is 17.5. The smallest absolute Gasteiger partial charge is 0.118 e. The van der Waals surface area contributed by atoms with Crippen molar-refractivity contribution in [2.24, 2.45) is 0 Å². The van der Waals surface area contributed by atoms with E-state index in [0.717, 1.165) is 121 Å². The van der Waals surface area contributed by atoms with Gasteiger partial charge >= 0.3 is 0 Å². The minimum absolute atomic E-state index is 0.0432. The van der Waals surface area contributed by atoms with E-state index in [0.29, 0.717) is 18.1 Å². The van der Waals surface area contributed by atoms with Gasteiger partial charge in [0.05, 0.1) is 41.2 Å². The fourth-order valence-corrected chi connectivity index (χ4v) is 13.4. The number of halogens is 3. The molecule has 9 aromatic rings. The molecule has 3 aliphatic rings. The van der Waals surface area contributed by atoms with Crippen molar-refractivity contribution >= 4 is 39.1 Å². The average molecular weight is 1350 g/mol. The highest BCUT2D eigenvalue weighted by molar-refractivity contribution is 9.10. The van der Waals surface area contributed by atoms with Crippen molar-refractivity contribution in [3.05, 3.63) is 301 Å². The number of hydrogen-bond acceptors (Lipinski definition) is 9. The Bertz CT molecular complexity index is 3160. The topological polar surface area (TPSA) is 65.1 Å². The van der Waals surface area contributed by atoms with E-state index in [9.17, 15) is 0 Å². The van der Waals surface area contributed by atoms with Gasteiger partial charge in [0.2, 0.25) is 0 Å². The first-order valence-electron chi connectivity index (χ1n) is 33.1. The van der Waals surface area contributed by atoms with Crippen LogP contribution < -0.4 is 14.2 Å². The Kier molecular flexibility index (Phi) is 27.3. The Morgan fingerprint density at radius 1 is 0.344 bits per heavy atom. The summed E-state index contributed by atoms with van der Waals surface area (Å²) in [6.07, 6.45) is 10.2. The maximum absolute atomic E-state index is 6.58. The predicted octanol–water partition coefficient (Wildman–Crippen LogP) is 18.6. The van der Waals surface area contributed by atoms with E-state index in [4.69, 9.17) is 51.6 Å². The second-order valence-corrected chi connectivity index (χ2v) is 26.1. The summed E-state index contributed by atoms with van der Waals surface area (Å²) in [5.41, 5.74) is 11.1. The maximum atomic E-state index is 6.58. The molecule has 0 aliphatic carbocycles. The number of nitrogens with zero attached hydrogens (tertiary/aromatic N) is 3. The number of likely N-dealkylation sites (tertiary alicyclic amines) is 3. The molecule has 0 aromatic heterocycles. The van der Waals surface area contributed by atoms with E-state index in [-0.39, 0.29) is 18.3 Å². The Morgan fingerprint density at radius 2 is 0.602 bits per heavy atom. The molecule has 3 unspecified atom stereocenters. The molecule has 0 spiro atoms. The zero-order valence-electron chi connectivity index (χ0n) is 54.1. The van der Waals surface area contributed by atoms with E-state index in [1.165, 1.54) is 77.5 Å². The summed E-state index contributed by atoms with van der Waals surface area (Å²) in [7, 11) is 5.12.